The van der Waals surface area contributed by atoms with Crippen LogP contribution in [0.3, 0.4) is 0 Å². The molecule has 1 aromatic rings. The summed E-state index contributed by atoms with van der Waals surface area (Å²) in [5.74, 6) is -0.414. The van der Waals surface area contributed by atoms with Crippen molar-refractivity contribution in [3.63, 3.8) is 0 Å². The number of hydrogen-bond acceptors (Lipinski definition) is 5. The molecule has 0 spiro atoms. The first kappa shape index (κ1) is 12.5. The summed E-state index contributed by atoms with van der Waals surface area (Å²) in [6.45, 7) is 0. The number of carboxylic acids is 1. The van der Waals surface area contributed by atoms with Gasteiger partial charge in [-0.2, -0.15) is 0 Å². The van der Waals surface area contributed by atoms with Crippen LogP contribution >= 0.6 is 11.3 Å². The second kappa shape index (κ2) is 4.73. The molecule has 0 saturated carbocycles. The monoisotopic (exact) mass is 275 g/mol. The number of nitrogens with zero attached hydrogens (tertiary/aromatic N) is 1. The Morgan fingerprint density at radius 3 is 2.94 bits per heavy atom. The van der Waals surface area contributed by atoms with E-state index in [1.165, 1.54) is 6.20 Å². The quantitative estimate of drug-likeness (QED) is 0.896. The zero-order chi connectivity index (χ0) is 12.5. The number of sulfone groups is 1. The van der Waals surface area contributed by atoms with E-state index >= 15 is 0 Å². The molecule has 94 valence electrons. The van der Waals surface area contributed by atoms with Crippen molar-refractivity contribution in [2.24, 2.45) is 5.92 Å². The maximum atomic E-state index is 11.5. The van der Waals surface area contributed by atoms with Gasteiger partial charge >= 0.3 is 5.97 Å². The van der Waals surface area contributed by atoms with Crippen molar-refractivity contribution in [2.75, 3.05) is 11.5 Å². The molecular weight excluding hydrogens is 262 g/mol. The number of rotatable bonds is 3. The van der Waals surface area contributed by atoms with Crippen LogP contribution < -0.4 is 0 Å². The summed E-state index contributed by atoms with van der Waals surface area (Å²) in [6.07, 6.45) is 3.47. The Morgan fingerprint density at radius 2 is 2.35 bits per heavy atom. The molecule has 5 nitrogen and oxygen atoms in total. The highest BCUT2D eigenvalue weighted by molar-refractivity contribution is 7.91. The van der Waals surface area contributed by atoms with Gasteiger partial charge in [-0.15, -0.1) is 11.3 Å². The van der Waals surface area contributed by atoms with Gasteiger partial charge in [-0.05, 0) is 18.8 Å². The van der Waals surface area contributed by atoms with Gasteiger partial charge in [0.05, 0.1) is 22.7 Å². The van der Waals surface area contributed by atoms with Gasteiger partial charge in [-0.1, -0.05) is 0 Å². The van der Waals surface area contributed by atoms with Gasteiger partial charge in [-0.25, -0.2) is 18.2 Å². The van der Waals surface area contributed by atoms with Crippen molar-refractivity contribution in [3.05, 3.63) is 16.1 Å². The Balaban J connectivity index is 2.03. The third kappa shape index (κ3) is 3.26. The molecule has 1 aliphatic rings. The molecule has 1 N–H and O–H groups in total. The fourth-order valence-electron chi connectivity index (χ4n) is 2.03. The molecule has 0 radical (unpaired) electrons. The van der Waals surface area contributed by atoms with E-state index in [0.717, 1.165) is 17.8 Å². The van der Waals surface area contributed by atoms with Crippen LogP contribution in [0.5, 0.6) is 0 Å². The topological polar surface area (TPSA) is 84.3 Å². The smallest absolute Gasteiger partial charge is 0.347 e. The van der Waals surface area contributed by atoms with Crippen LogP contribution in [0, 0.1) is 5.92 Å². The number of carbonyl (C=O) groups is 1. The zero-order valence-corrected chi connectivity index (χ0v) is 10.8. The minimum Gasteiger partial charge on any atom is -0.477 e. The maximum absolute atomic E-state index is 11.5. The normalized spacial score (nSPS) is 23.4. The largest absolute Gasteiger partial charge is 0.477 e. The number of hydrogen-bond donors (Lipinski definition) is 1. The zero-order valence-electron chi connectivity index (χ0n) is 9.13. The summed E-state index contributed by atoms with van der Waals surface area (Å²) in [5, 5.41) is 9.47. The Labute approximate surface area is 103 Å². The van der Waals surface area contributed by atoms with E-state index < -0.39 is 15.8 Å². The standard InChI is InChI=1S/C10H13NO4S2/c12-10(13)8-5-11-9(16-8)4-7-2-1-3-17(14,15)6-7/h5,7H,1-4,6H2,(H,12,13). The van der Waals surface area contributed by atoms with E-state index in [1.54, 1.807) is 0 Å². The van der Waals surface area contributed by atoms with E-state index in [0.29, 0.717) is 17.8 Å². The minimum absolute atomic E-state index is 0.0848. The lowest BCUT2D eigenvalue weighted by molar-refractivity contribution is 0.0702. The van der Waals surface area contributed by atoms with Crippen molar-refractivity contribution in [3.8, 4) is 0 Å². The summed E-state index contributed by atoms with van der Waals surface area (Å²) in [5.41, 5.74) is 0. The predicted octanol–water partition coefficient (Wildman–Crippen LogP) is 1.21. The van der Waals surface area contributed by atoms with Gasteiger partial charge in [-0.3, -0.25) is 0 Å². The first-order valence-corrected chi connectivity index (χ1v) is 7.98. The molecule has 0 bridgehead atoms. The van der Waals surface area contributed by atoms with Crippen LogP contribution in [0.1, 0.15) is 27.5 Å². The SMILES string of the molecule is O=C(O)c1cnc(CC2CCCS(=O)(=O)C2)s1. The maximum Gasteiger partial charge on any atom is 0.347 e. The van der Waals surface area contributed by atoms with Crippen molar-refractivity contribution in [2.45, 2.75) is 19.3 Å². The summed E-state index contributed by atoms with van der Waals surface area (Å²) in [7, 11) is -2.90. The number of aromatic carboxylic acids is 1. The molecule has 1 aromatic heterocycles. The van der Waals surface area contributed by atoms with Crippen LogP contribution in [0.15, 0.2) is 6.20 Å². The second-order valence-corrected chi connectivity index (χ2v) is 7.59. The lowest BCUT2D eigenvalue weighted by Crippen LogP contribution is -2.26. The van der Waals surface area contributed by atoms with Crippen molar-refractivity contribution < 1.29 is 18.3 Å². The lowest BCUT2D eigenvalue weighted by atomic mass is 10.0. The van der Waals surface area contributed by atoms with Crippen molar-refractivity contribution in [1.29, 1.82) is 0 Å². The molecule has 1 unspecified atom stereocenters. The highest BCUT2D eigenvalue weighted by Gasteiger charge is 2.25. The second-order valence-electron chi connectivity index (χ2n) is 4.25. The molecule has 1 saturated heterocycles. The summed E-state index contributed by atoms with van der Waals surface area (Å²) in [4.78, 5) is 14.9. The highest BCUT2D eigenvalue weighted by atomic mass is 32.2. The van der Waals surface area contributed by atoms with Crippen LogP contribution in [0.2, 0.25) is 0 Å². The number of thiazole rings is 1. The van der Waals surface area contributed by atoms with Gasteiger partial charge in [0, 0.05) is 6.42 Å². The molecule has 1 aliphatic heterocycles. The molecule has 2 heterocycles. The molecule has 2 rings (SSSR count). The molecule has 0 aromatic carbocycles. The number of aromatic nitrogens is 1. The summed E-state index contributed by atoms with van der Waals surface area (Å²) < 4.78 is 22.9. The highest BCUT2D eigenvalue weighted by Crippen LogP contribution is 2.24. The lowest BCUT2D eigenvalue weighted by Gasteiger charge is -2.20. The molecule has 17 heavy (non-hydrogen) atoms. The Bertz CT molecular complexity index is 520. The van der Waals surface area contributed by atoms with Gasteiger partial charge < -0.3 is 5.11 Å². The Morgan fingerprint density at radius 1 is 1.59 bits per heavy atom. The molecule has 1 atom stereocenters. The van der Waals surface area contributed by atoms with E-state index in [1.807, 2.05) is 0 Å². The van der Waals surface area contributed by atoms with Crippen molar-refractivity contribution >= 4 is 27.1 Å². The molecule has 7 heteroatoms. The van der Waals surface area contributed by atoms with Crippen LogP contribution in [0.25, 0.3) is 0 Å². The predicted molar refractivity (Wildman–Crippen MR) is 64.2 cm³/mol. The average Bonchev–Trinajstić information content (AvgIpc) is 2.64. The average molecular weight is 275 g/mol. The van der Waals surface area contributed by atoms with E-state index in [2.05, 4.69) is 4.98 Å². The van der Waals surface area contributed by atoms with E-state index in [9.17, 15) is 13.2 Å². The third-order valence-corrected chi connectivity index (χ3v) is 5.68. The summed E-state index contributed by atoms with van der Waals surface area (Å²) >= 11 is 1.13. The first-order chi connectivity index (χ1) is 7.96. The minimum atomic E-state index is -2.90. The Hall–Kier alpha value is -0.950. The fourth-order valence-corrected chi connectivity index (χ4v) is 4.68. The Kier molecular flexibility index (Phi) is 3.48. The van der Waals surface area contributed by atoms with E-state index in [4.69, 9.17) is 5.11 Å². The van der Waals surface area contributed by atoms with Gasteiger partial charge in [0.1, 0.15) is 4.88 Å². The van der Waals surface area contributed by atoms with Gasteiger partial charge in [0.2, 0.25) is 0 Å². The van der Waals surface area contributed by atoms with Gasteiger partial charge in [0.25, 0.3) is 0 Å². The third-order valence-electron chi connectivity index (χ3n) is 2.78. The molecule has 1 fully saturated rings. The molecular formula is C10H13NO4S2. The van der Waals surface area contributed by atoms with Gasteiger partial charge in [0.15, 0.2) is 9.84 Å². The number of carboxylic acid groups (broad SMARTS) is 1. The van der Waals surface area contributed by atoms with Crippen LogP contribution in [0.4, 0.5) is 0 Å². The molecule has 0 aliphatic carbocycles. The first-order valence-electron chi connectivity index (χ1n) is 5.35. The van der Waals surface area contributed by atoms with Crippen molar-refractivity contribution in [1.82, 2.24) is 4.98 Å². The molecule has 0 amide bonds. The van der Waals surface area contributed by atoms with Crippen LogP contribution in [-0.4, -0.2) is 36.0 Å². The van der Waals surface area contributed by atoms with Crippen LogP contribution in [-0.2, 0) is 16.3 Å². The van der Waals surface area contributed by atoms with E-state index in [-0.39, 0.29) is 22.3 Å². The fraction of sp³-hybridized carbons (Fsp3) is 0.600. The summed E-state index contributed by atoms with van der Waals surface area (Å²) in [6, 6.07) is 0.